The molecule has 0 spiro atoms. The fraction of sp³-hybridized carbons (Fsp3) is 0.583. The Hall–Kier alpha value is -2.39. The van der Waals surface area contributed by atoms with Crippen molar-refractivity contribution in [1.29, 1.82) is 0 Å². The molecular weight excluding hydrogens is 480 g/mol. The van der Waals surface area contributed by atoms with Crippen LogP contribution in [0, 0.1) is 28.6 Å². The third-order valence-corrected chi connectivity index (χ3v) is 10.8. The average molecular weight is 531 g/mol. The fourth-order valence-electron chi connectivity index (χ4n) is 7.19. The number of hydrogen-bond acceptors (Lipinski definition) is 3. The first-order chi connectivity index (χ1) is 18.5. The van der Waals surface area contributed by atoms with E-state index in [1.54, 1.807) is 18.4 Å². The Kier molecular flexibility index (Phi) is 9.11. The smallest absolute Gasteiger partial charge is 0.228 e. The van der Waals surface area contributed by atoms with E-state index >= 15 is 0 Å². The van der Waals surface area contributed by atoms with Crippen LogP contribution in [0.25, 0.3) is 0 Å². The quantitative estimate of drug-likeness (QED) is 0.299. The van der Waals surface area contributed by atoms with E-state index in [2.05, 4.69) is 78.8 Å². The number of allylic oxidation sites excluding steroid dienone is 4. The Morgan fingerprint density at radius 2 is 1.85 bits per heavy atom. The summed E-state index contributed by atoms with van der Waals surface area (Å²) in [5.74, 6) is 2.21. The van der Waals surface area contributed by atoms with Gasteiger partial charge in [0.1, 0.15) is 0 Å². The molecule has 0 radical (unpaired) electrons. The summed E-state index contributed by atoms with van der Waals surface area (Å²) in [4.78, 5) is 13.8. The van der Waals surface area contributed by atoms with E-state index in [4.69, 9.17) is 4.42 Å². The minimum absolute atomic E-state index is 0.0119. The summed E-state index contributed by atoms with van der Waals surface area (Å²) >= 11 is 0. The van der Waals surface area contributed by atoms with Crippen molar-refractivity contribution in [2.45, 2.75) is 105 Å². The minimum Gasteiger partial charge on any atom is -0.461 e. The molecule has 1 saturated carbocycles. The molecule has 1 heterocycles. The highest BCUT2D eigenvalue weighted by Crippen LogP contribution is 2.65. The second-order valence-electron chi connectivity index (χ2n) is 13.4. The minimum atomic E-state index is -0.422. The highest BCUT2D eigenvalue weighted by atomic mass is 16.3. The molecule has 6 atom stereocenters. The van der Waals surface area contributed by atoms with E-state index in [-0.39, 0.29) is 22.5 Å². The lowest BCUT2D eigenvalue weighted by atomic mass is 9.56. The maximum Gasteiger partial charge on any atom is 0.228 e. The molecule has 39 heavy (non-hydrogen) atoms. The molecule has 1 fully saturated rings. The van der Waals surface area contributed by atoms with Gasteiger partial charge in [0.05, 0.1) is 12.4 Å². The van der Waals surface area contributed by atoms with E-state index in [1.807, 2.05) is 6.07 Å². The highest BCUT2D eigenvalue weighted by molar-refractivity contribution is 6.08. The van der Waals surface area contributed by atoms with Crippen LogP contribution in [0.1, 0.15) is 120 Å². The summed E-state index contributed by atoms with van der Waals surface area (Å²) in [7, 11) is 0. The molecule has 5 rings (SSSR count). The Balaban J connectivity index is 1.82. The molecule has 212 valence electrons. The van der Waals surface area contributed by atoms with Crippen molar-refractivity contribution < 1.29 is 14.3 Å². The molecule has 0 saturated heterocycles. The number of furan rings is 1. The largest absolute Gasteiger partial charge is 0.461 e. The first-order valence-electron chi connectivity index (χ1n) is 15.2. The maximum absolute atomic E-state index is 13.8. The van der Waals surface area contributed by atoms with Crippen LogP contribution < -0.4 is 0 Å². The van der Waals surface area contributed by atoms with Crippen molar-refractivity contribution >= 4 is 5.78 Å². The van der Waals surface area contributed by atoms with Crippen molar-refractivity contribution in [2.24, 2.45) is 28.6 Å². The Morgan fingerprint density at radius 1 is 1.08 bits per heavy atom. The van der Waals surface area contributed by atoms with Gasteiger partial charge in [-0.25, -0.2) is 0 Å². The van der Waals surface area contributed by atoms with Gasteiger partial charge in [-0.1, -0.05) is 77.5 Å². The molecule has 2 aromatic rings. The SMILES string of the molecule is CC1=CCCC2(C)C(CCC2(C)C(C)C=CC(C)C(C)C)c2ccc(cc2C(=O)c2ccco2)CC(O)CC1. The van der Waals surface area contributed by atoms with Gasteiger partial charge < -0.3 is 9.52 Å². The predicted molar refractivity (Wildman–Crippen MR) is 161 cm³/mol. The number of ketones is 1. The summed E-state index contributed by atoms with van der Waals surface area (Å²) in [5.41, 5.74) is 4.39. The van der Waals surface area contributed by atoms with Crippen molar-refractivity contribution in [1.82, 2.24) is 0 Å². The second kappa shape index (κ2) is 12.0. The van der Waals surface area contributed by atoms with E-state index in [0.717, 1.165) is 55.2 Å². The van der Waals surface area contributed by atoms with Crippen molar-refractivity contribution in [3.05, 3.63) is 82.8 Å². The van der Waals surface area contributed by atoms with Crippen LogP contribution in [-0.2, 0) is 6.42 Å². The first kappa shape index (κ1) is 29.6. The molecule has 3 nitrogen and oxygen atoms in total. The summed E-state index contributed by atoms with van der Waals surface area (Å²) in [6.45, 7) is 16.5. The molecule has 1 aromatic heterocycles. The Morgan fingerprint density at radius 3 is 2.54 bits per heavy atom. The number of fused-ring (bicyclic) bond motifs is 8. The third-order valence-electron chi connectivity index (χ3n) is 10.8. The summed E-state index contributed by atoms with van der Waals surface area (Å²) < 4.78 is 5.58. The van der Waals surface area contributed by atoms with Gasteiger partial charge in [0.2, 0.25) is 5.78 Å². The molecule has 3 heteroatoms. The number of benzene rings is 1. The van der Waals surface area contributed by atoms with Crippen LogP contribution in [0.5, 0.6) is 0 Å². The van der Waals surface area contributed by atoms with Crippen molar-refractivity contribution in [2.75, 3.05) is 0 Å². The molecule has 6 unspecified atom stereocenters. The number of aliphatic hydroxyl groups excluding tert-OH is 1. The molecule has 3 aliphatic carbocycles. The lowest BCUT2D eigenvalue weighted by Crippen LogP contribution is -2.40. The van der Waals surface area contributed by atoms with Crippen LogP contribution in [-0.4, -0.2) is 17.0 Å². The van der Waals surface area contributed by atoms with Crippen molar-refractivity contribution in [3.63, 3.8) is 0 Å². The van der Waals surface area contributed by atoms with Crippen LogP contribution in [0.2, 0.25) is 0 Å². The third kappa shape index (κ3) is 6.04. The van der Waals surface area contributed by atoms with Crippen molar-refractivity contribution in [3.8, 4) is 0 Å². The zero-order valence-corrected chi connectivity index (χ0v) is 25.3. The van der Waals surface area contributed by atoms with Crippen LogP contribution in [0.4, 0.5) is 0 Å². The fourth-order valence-corrected chi connectivity index (χ4v) is 7.19. The lowest BCUT2D eigenvalue weighted by Gasteiger charge is -2.48. The lowest BCUT2D eigenvalue weighted by molar-refractivity contribution is 0.0470. The zero-order valence-electron chi connectivity index (χ0n) is 25.3. The topological polar surface area (TPSA) is 50.4 Å². The molecule has 1 N–H and O–H groups in total. The second-order valence-corrected chi connectivity index (χ2v) is 13.4. The van der Waals surface area contributed by atoms with Gasteiger partial charge in [-0.05, 0) is 116 Å². The van der Waals surface area contributed by atoms with E-state index in [0.29, 0.717) is 29.9 Å². The Bertz CT molecular complexity index is 1190. The molecule has 1 aromatic carbocycles. The maximum atomic E-state index is 13.8. The zero-order chi connectivity index (χ0) is 28.4. The summed E-state index contributed by atoms with van der Waals surface area (Å²) in [5, 5.41) is 10.8. The summed E-state index contributed by atoms with van der Waals surface area (Å²) in [6.07, 6.45) is 14.9. The molecule has 2 bridgehead atoms. The monoisotopic (exact) mass is 530 g/mol. The van der Waals surface area contributed by atoms with Gasteiger partial charge >= 0.3 is 0 Å². The Labute approximate surface area is 236 Å². The molecule has 0 amide bonds. The number of hydrogen-bond donors (Lipinski definition) is 1. The number of carbonyl (C=O) groups is 1. The normalized spacial score (nSPS) is 29.7. The summed E-state index contributed by atoms with van der Waals surface area (Å²) in [6, 6.07) is 9.93. The molecular formula is C36H50O3. The van der Waals surface area contributed by atoms with Crippen LogP contribution in [0.15, 0.2) is 64.8 Å². The van der Waals surface area contributed by atoms with E-state index in [1.165, 1.54) is 5.57 Å². The van der Waals surface area contributed by atoms with Gasteiger partial charge in [-0.2, -0.15) is 0 Å². The van der Waals surface area contributed by atoms with Crippen LogP contribution >= 0.6 is 0 Å². The first-order valence-corrected chi connectivity index (χ1v) is 15.2. The van der Waals surface area contributed by atoms with E-state index in [9.17, 15) is 9.90 Å². The molecule has 0 aliphatic heterocycles. The van der Waals surface area contributed by atoms with Crippen LogP contribution in [0.3, 0.4) is 0 Å². The van der Waals surface area contributed by atoms with Gasteiger partial charge in [-0.3, -0.25) is 4.79 Å². The van der Waals surface area contributed by atoms with E-state index < -0.39 is 6.10 Å². The number of carbonyl (C=O) groups excluding carboxylic acids is 1. The standard InChI is InChI=1S/C36H50O3/c1-24(2)26(4)13-14-27(5)35(6)20-18-32-30-17-15-28(23-31(30)34(38)33-11-9-21-39-33)22-29(37)16-12-25(3)10-8-19-36(32,35)7/h9-11,13-15,17,21,23-24,26-27,29,32,37H,8,12,16,18-20,22H2,1-7H3. The van der Waals surface area contributed by atoms with Gasteiger partial charge in [0, 0.05) is 5.56 Å². The highest BCUT2D eigenvalue weighted by Gasteiger charge is 2.56. The van der Waals surface area contributed by atoms with Gasteiger partial charge in [0.15, 0.2) is 5.76 Å². The molecule has 3 aliphatic rings. The van der Waals surface area contributed by atoms with Gasteiger partial charge in [0.25, 0.3) is 0 Å². The van der Waals surface area contributed by atoms with Gasteiger partial charge in [-0.15, -0.1) is 0 Å². The number of aliphatic hydroxyl groups is 1. The predicted octanol–water partition coefficient (Wildman–Crippen LogP) is 9.31. The number of rotatable bonds is 6. The average Bonchev–Trinajstić information content (AvgIpc) is 3.53.